The van der Waals surface area contributed by atoms with E-state index in [0.717, 1.165) is 0 Å². The van der Waals surface area contributed by atoms with E-state index in [2.05, 4.69) is 10.6 Å². The minimum atomic E-state index is -0.387. The summed E-state index contributed by atoms with van der Waals surface area (Å²) >= 11 is 0.284. The zero-order valence-corrected chi connectivity index (χ0v) is 11.6. The molecule has 1 aliphatic heterocycles. The second kappa shape index (κ2) is 5.89. The van der Waals surface area contributed by atoms with E-state index in [-0.39, 0.29) is 44.4 Å². The Balaban J connectivity index is 1.77. The van der Waals surface area contributed by atoms with Crippen LogP contribution in [-0.4, -0.2) is 44.4 Å². The second-order valence-corrected chi connectivity index (χ2v) is 5.87. The zero-order valence-electron chi connectivity index (χ0n) is 9.88. The van der Waals surface area contributed by atoms with Gasteiger partial charge in [0.05, 0.1) is 0 Å². The number of β-lactam (4-membered cyclic amide) rings is 1. The Kier molecular flexibility index (Phi) is 4.23. The van der Waals surface area contributed by atoms with Gasteiger partial charge in [0, 0.05) is 0 Å². The van der Waals surface area contributed by atoms with Gasteiger partial charge in [0.25, 0.3) is 0 Å². The Labute approximate surface area is 111 Å². The van der Waals surface area contributed by atoms with E-state index in [1.54, 1.807) is 12.1 Å². The molecule has 1 aromatic carbocycles. The van der Waals surface area contributed by atoms with Crippen molar-refractivity contribution in [2.75, 3.05) is 6.61 Å². The van der Waals surface area contributed by atoms with Crippen LogP contribution in [0.15, 0.2) is 30.3 Å². The van der Waals surface area contributed by atoms with E-state index < -0.39 is 0 Å². The Hall–Kier alpha value is -1.52. The molecule has 96 valence electrons. The van der Waals surface area contributed by atoms with Crippen LogP contribution in [0.5, 0.6) is 5.75 Å². The van der Waals surface area contributed by atoms with E-state index in [4.69, 9.17) is 4.74 Å². The average Bonchev–Trinajstić information content (AvgIpc) is 2.41. The van der Waals surface area contributed by atoms with Crippen LogP contribution in [0.3, 0.4) is 0 Å². The van der Waals surface area contributed by atoms with Crippen LogP contribution >= 0.6 is 0 Å². The van der Waals surface area contributed by atoms with Crippen molar-refractivity contribution in [2.24, 2.45) is 0 Å². The van der Waals surface area contributed by atoms with Crippen molar-refractivity contribution in [3.05, 3.63) is 30.3 Å². The van der Waals surface area contributed by atoms with Crippen molar-refractivity contribution >= 4 is 26.8 Å². The van der Waals surface area contributed by atoms with Gasteiger partial charge in [-0.05, 0) is 0 Å². The number of hydrogen-bond acceptors (Lipinski definition) is 3. The van der Waals surface area contributed by atoms with Gasteiger partial charge < -0.3 is 0 Å². The Bertz CT molecular complexity index is 438. The summed E-state index contributed by atoms with van der Waals surface area (Å²) in [6.07, 6.45) is 0. The number of para-hydroxylation sites is 1. The normalized spacial score (nSPS) is 21.7. The molecule has 0 aromatic heterocycles. The van der Waals surface area contributed by atoms with Crippen molar-refractivity contribution in [3.8, 4) is 5.75 Å². The first-order valence-corrected chi connectivity index (χ1v) is 8.21. The summed E-state index contributed by atoms with van der Waals surface area (Å²) in [4.78, 5) is 23.0. The van der Waals surface area contributed by atoms with E-state index in [1.165, 1.54) is 0 Å². The molecule has 1 saturated heterocycles. The van der Waals surface area contributed by atoms with Gasteiger partial charge in [0.15, 0.2) is 0 Å². The topological polar surface area (TPSA) is 67.4 Å². The number of carbonyl (C=O) groups is 2. The van der Waals surface area contributed by atoms with Crippen LogP contribution in [0.2, 0.25) is 5.82 Å². The molecular formula is C12H14N2O3Se. The average molecular weight is 313 g/mol. The predicted octanol–water partition coefficient (Wildman–Crippen LogP) is -0.242. The summed E-state index contributed by atoms with van der Waals surface area (Å²) in [5.74, 6) is 2.28. The van der Waals surface area contributed by atoms with Gasteiger partial charge in [-0.25, -0.2) is 0 Å². The van der Waals surface area contributed by atoms with Gasteiger partial charge in [-0.3, -0.25) is 0 Å². The van der Waals surface area contributed by atoms with Crippen molar-refractivity contribution in [3.63, 3.8) is 0 Å². The first-order chi connectivity index (χ1) is 8.70. The van der Waals surface area contributed by atoms with E-state index >= 15 is 0 Å². The molecule has 0 saturated carbocycles. The first-order valence-electron chi connectivity index (χ1n) is 5.51. The van der Waals surface area contributed by atoms with Crippen LogP contribution in [-0.2, 0) is 9.59 Å². The van der Waals surface area contributed by atoms with Crippen LogP contribution < -0.4 is 15.4 Å². The van der Waals surface area contributed by atoms with E-state index in [0.29, 0.717) is 5.75 Å². The van der Waals surface area contributed by atoms with Crippen LogP contribution in [0.1, 0.15) is 0 Å². The molecule has 2 rings (SSSR count). The number of rotatable bonds is 5. The molecule has 2 N–H and O–H groups in total. The van der Waals surface area contributed by atoms with Crippen molar-refractivity contribution in [1.82, 2.24) is 10.6 Å². The van der Waals surface area contributed by atoms with Gasteiger partial charge in [0.1, 0.15) is 0 Å². The summed E-state index contributed by atoms with van der Waals surface area (Å²) < 4.78 is 5.30. The van der Waals surface area contributed by atoms with Gasteiger partial charge in [-0.15, -0.1) is 0 Å². The van der Waals surface area contributed by atoms with E-state index in [9.17, 15) is 9.59 Å². The number of amides is 2. The molecule has 1 aromatic rings. The summed E-state index contributed by atoms with van der Waals surface area (Å²) in [5, 5.41) is 5.43. The molecule has 2 amide bonds. The molecule has 1 aliphatic rings. The maximum atomic E-state index is 11.6. The summed E-state index contributed by atoms with van der Waals surface area (Å²) in [7, 11) is 0. The van der Waals surface area contributed by atoms with Gasteiger partial charge >= 0.3 is 111 Å². The van der Waals surface area contributed by atoms with Gasteiger partial charge in [-0.2, -0.15) is 0 Å². The Morgan fingerprint density at radius 2 is 2.17 bits per heavy atom. The van der Waals surface area contributed by atoms with Gasteiger partial charge in [-0.1, -0.05) is 0 Å². The standard InChI is InChI=1S/C12H14N2O3Se/c1-18-12-10(11(16)14-12)13-9(15)7-17-8-5-3-2-4-6-8/h2-6,10,12H,7H2,1H3,(H,13,15)(H,14,16)/t10-,12?/m1/s1. The maximum absolute atomic E-state index is 11.6. The number of carbonyl (C=O) groups excluding carboxylic acids is 2. The molecule has 18 heavy (non-hydrogen) atoms. The minimum absolute atomic E-state index is 0.0722. The van der Waals surface area contributed by atoms with Crippen LogP contribution in [0.25, 0.3) is 0 Å². The summed E-state index contributed by atoms with van der Waals surface area (Å²) in [5.41, 5.74) is 0. The number of hydrogen-bond donors (Lipinski definition) is 2. The molecule has 2 atom stereocenters. The molecule has 6 heteroatoms. The molecule has 1 heterocycles. The SMILES string of the molecule is C[Se]C1NC(=O)[C@H]1NC(=O)COc1ccccc1. The fourth-order valence-corrected chi connectivity index (χ4v) is 3.04. The fourth-order valence-electron chi connectivity index (χ4n) is 1.57. The summed E-state index contributed by atoms with van der Waals surface area (Å²) in [6.45, 7) is -0.0722. The quantitative estimate of drug-likeness (QED) is 0.582. The predicted molar refractivity (Wildman–Crippen MR) is 67.4 cm³/mol. The first kappa shape index (κ1) is 12.9. The van der Waals surface area contributed by atoms with Crippen molar-refractivity contribution in [2.45, 2.75) is 16.8 Å². The van der Waals surface area contributed by atoms with Gasteiger partial charge in [0.2, 0.25) is 0 Å². The molecular weight excluding hydrogens is 299 g/mol. The van der Waals surface area contributed by atoms with E-state index in [1.807, 2.05) is 24.0 Å². The van der Waals surface area contributed by atoms with Crippen LogP contribution in [0, 0.1) is 0 Å². The molecule has 1 unspecified atom stereocenters. The third-order valence-corrected chi connectivity index (χ3v) is 4.44. The third kappa shape index (κ3) is 3.03. The second-order valence-electron chi connectivity index (χ2n) is 3.81. The Morgan fingerprint density at radius 1 is 1.44 bits per heavy atom. The number of nitrogens with one attached hydrogen (secondary N) is 2. The number of ether oxygens (including phenoxy) is 1. The molecule has 5 nitrogen and oxygen atoms in total. The third-order valence-electron chi connectivity index (χ3n) is 2.55. The fraction of sp³-hybridized carbons (Fsp3) is 0.333. The monoisotopic (exact) mass is 314 g/mol. The molecule has 0 aliphatic carbocycles. The van der Waals surface area contributed by atoms with Crippen molar-refractivity contribution in [1.29, 1.82) is 0 Å². The number of benzene rings is 1. The molecule has 0 spiro atoms. The van der Waals surface area contributed by atoms with Crippen LogP contribution in [0.4, 0.5) is 0 Å². The molecule has 0 radical (unpaired) electrons. The molecule has 0 bridgehead atoms. The molecule has 1 fully saturated rings. The summed E-state index contributed by atoms with van der Waals surface area (Å²) in [6, 6.07) is 8.72. The zero-order chi connectivity index (χ0) is 13.0. The Morgan fingerprint density at radius 3 is 2.78 bits per heavy atom. The van der Waals surface area contributed by atoms with Crippen molar-refractivity contribution < 1.29 is 14.3 Å².